The minimum atomic E-state index is -4.82. The van der Waals surface area contributed by atoms with Gasteiger partial charge in [-0.25, -0.2) is 4.79 Å². The lowest BCUT2D eigenvalue weighted by Gasteiger charge is -2.38. The summed E-state index contributed by atoms with van der Waals surface area (Å²) in [6, 6.07) is 9.51. The fraction of sp³-hybridized carbons (Fsp3) is 0.562. The Kier molecular flexibility index (Phi) is 7.16. The third-order valence-electron chi connectivity index (χ3n) is 4.06. The minimum Gasteiger partial charge on any atom is -0.434 e. The van der Waals surface area contributed by atoms with Gasteiger partial charge in [-0.15, -0.1) is 0 Å². The molecule has 3 N–H and O–H groups in total. The average molecular weight is 394 g/mol. The van der Waals surface area contributed by atoms with Crippen molar-refractivity contribution in [2.24, 2.45) is 0 Å². The Labute approximate surface area is 153 Å². The highest BCUT2D eigenvalue weighted by Gasteiger charge is 2.44. The van der Waals surface area contributed by atoms with Crippen LogP contribution in [-0.4, -0.2) is 65.3 Å². The number of hydrogen-bond donors (Lipinski definition) is 3. The van der Waals surface area contributed by atoms with E-state index in [1.54, 1.807) is 0 Å². The summed E-state index contributed by atoms with van der Waals surface area (Å²) in [5, 5.41) is 19.2. The molecule has 0 aliphatic carbocycles. The number of amides is 1. The van der Waals surface area contributed by atoms with Crippen molar-refractivity contribution >= 4 is 18.0 Å². The van der Waals surface area contributed by atoms with Crippen LogP contribution < -0.4 is 4.72 Å². The standard InChI is InChI=1S/C16H21F3N2O4S/c17-16(18,19)13(10-22)25-14(23)21-8-6-15(24,7-9-21)11-20-26-12-4-2-1-3-5-12/h1-5,13,20,22,24H,6-11H2. The van der Waals surface area contributed by atoms with Crippen LogP contribution in [0.5, 0.6) is 0 Å². The van der Waals surface area contributed by atoms with Crippen molar-refractivity contribution in [2.75, 3.05) is 26.2 Å². The van der Waals surface area contributed by atoms with Crippen LogP contribution in [0.25, 0.3) is 0 Å². The number of ether oxygens (including phenoxy) is 1. The molecule has 1 aromatic carbocycles. The number of nitrogens with one attached hydrogen (secondary N) is 1. The third-order valence-corrected chi connectivity index (χ3v) is 4.86. The zero-order chi connectivity index (χ0) is 19.2. The zero-order valence-electron chi connectivity index (χ0n) is 13.9. The van der Waals surface area contributed by atoms with E-state index >= 15 is 0 Å². The zero-order valence-corrected chi connectivity index (χ0v) is 14.7. The molecule has 1 aliphatic rings. The number of hydrogen-bond acceptors (Lipinski definition) is 6. The number of piperidine rings is 1. The Morgan fingerprint density at radius 2 is 1.92 bits per heavy atom. The summed E-state index contributed by atoms with van der Waals surface area (Å²) in [4.78, 5) is 13.9. The van der Waals surface area contributed by atoms with E-state index in [2.05, 4.69) is 9.46 Å². The molecule has 0 spiro atoms. The van der Waals surface area contributed by atoms with Crippen LogP contribution in [0.15, 0.2) is 35.2 Å². The molecule has 1 saturated heterocycles. The molecular weight excluding hydrogens is 373 g/mol. The van der Waals surface area contributed by atoms with E-state index in [0.29, 0.717) is 0 Å². The maximum Gasteiger partial charge on any atom is 0.427 e. The second-order valence-electron chi connectivity index (χ2n) is 6.04. The number of carbonyl (C=O) groups excluding carboxylic acids is 1. The molecule has 26 heavy (non-hydrogen) atoms. The second kappa shape index (κ2) is 8.94. The SMILES string of the molecule is O=C(OC(CO)C(F)(F)F)N1CCC(O)(CNSc2ccccc2)CC1. The van der Waals surface area contributed by atoms with Crippen LogP contribution >= 0.6 is 11.9 Å². The maximum atomic E-state index is 12.5. The summed E-state index contributed by atoms with van der Waals surface area (Å²) in [5.74, 6) is 0. The van der Waals surface area contributed by atoms with Crippen LogP contribution in [0.3, 0.4) is 0 Å². The molecule has 0 bridgehead atoms. The van der Waals surface area contributed by atoms with Gasteiger partial charge in [0.2, 0.25) is 6.10 Å². The molecule has 1 atom stereocenters. The average Bonchev–Trinajstić information content (AvgIpc) is 2.60. The normalized spacial score (nSPS) is 18.4. The summed E-state index contributed by atoms with van der Waals surface area (Å²) >= 11 is 1.37. The molecular formula is C16H21F3N2O4S. The van der Waals surface area contributed by atoms with Crippen LogP contribution in [0.4, 0.5) is 18.0 Å². The number of aliphatic hydroxyl groups excluding tert-OH is 1. The Hall–Kier alpha value is -1.49. The first-order chi connectivity index (χ1) is 12.2. The Bertz CT molecular complexity index is 581. The summed E-state index contributed by atoms with van der Waals surface area (Å²) in [5.41, 5.74) is -1.06. The van der Waals surface area contributed by atoms with E-state index in [-0.39, 0.29) is 32.5 Å². The molecule has 0 radical (unpaired) electrons. The smallest absolute Gasteiger partial charge is 0.427 e. The molecule has 6 nitrogen and oxygen atoms in total. The van der Waals surface area contributed by atoms with Crippen LogP contribution in [0.1, 0.15) is 12.8 Å². The number of rotatable bonds is 6. The van der Waals surface area contributed by atoms with E-state index in [9.17, 15) is 23.1 Å². The van der Waals surface area contributed by atoms with Crippen LogP contribution in [0.2, 0.25) is 0 Å². The largest absolute Gasteiger partial charge is 0.434 e. The van der Waals surface area contributed by atoms with Gasteiger partial charge in [0.15, 0.2) is 0 Å². The van der Waals surface area contributed by atoms with Crippen molar-refractivity contribution < 1.29 is 32.9 Å². The summed E-state index contributed by atoms with van der Waals surface area (Å²) in [7, 11) is 0. The fourth-order valence-electron chi connectivity index (χ4n) is 2.43. The molecule has 1 fully saturated rings. The van der Waals surface area contributed by atoms with E-state index in [0.717, 1.165) is 9.80 Å². The molecule has 1 aliphatic heterocycles. The number of halogens is 3. The Morgan fingerprint density at radius 1 is 1.31 bits per heavy atom. The number of nitrogens with zero attached hydrogens (tertiary/aromatic N) is 1. The quantitative estimate of drug-likeness (QED) is 0.642. The maximum absolute atomic E-state index is 12.5. The van der Waals surface area contributed by atoms with Gasteiger partial charge in [-0.3, -0.25) is 4.72 Å². The molecule has 2 rings (SSSR count). The van der Waals surface area contributed by atoms with Gasteiger partial charge in [0.05, 0.1) is 12.2 Å². The fourth-order valence-corrected chi connectivity index (χ4v) is 3.23. The number of likely N-dealkylation sites (tertiary alicyclic amines) is 1. The topological polar surface area (TPSA) is 82.0 Å². The monoisotopic (exact) mass is 394 g/mol. The molecule has 1 aromatic rings. The van der Waals surface area contributed by atoms with E-state index in [1.165, 1.54) is 11.9 Å². The highest BCUT2D eigenvalue weighted by molar-refractivity contribution is 7.97. The number of carbonyl (C=O) groups is 1. The van der Waals surface area contributed by atoms with E-state index < -0.39 is 30.6 Å². The summed E-state index contributed by atoms with van der Waals surface area (Å²) in [6.07, 6.45) is -8.09. The van der Waals surface area contributed by atoms with E-state index in [1.807, 2.05) is 30.3 Å². The Morgan fingerprint density at radius 3 is 2.46 bits per heavy atom. The van der Waals surface area contributed by atoms with Crippen molar-refractivity contribution in [1.29, 1.82) is 0 Å². The number of alkyl halides is 3. The van der Waals surface area contributed by atoms with Gasteiger partial charge in [0.25, 0.3) is 0 Å². The van der Waals surface area contributed by atoms with Gasteiger partial charge >= 0.3 is 12.3 Å². The lowest BCUT2D eigenvalue weighted by atomic mass is 9.92. The first kappa shape index (κ1) is 20.8. The predicted molar refractivity (Wildman–Crippen MR) is 89.5 cm³/mol. The molecule has 0 aromatic heterocycles. The third kappa shape index (κ3) is 6.04. The molecule has 1 unspecified atom stereocenters. The second-order valence-corrected chi connectivity index (χ2v) is 7.01. The van der Waals surface area contributed by atoms with Gasteiger partial charge < -0.3 is 19.8 Å². The van der Waals surface area contributed by atoms with Gasteiger partial charge in [-0.2, -0.15) is 13.2 Å². The lowest BCUT2D eigenvalue weighted by Crippen LogP contribution is -2.51. The molecule has 0 saturated carbocycles. The lowest BCUT2D eigenvalue weighted by molar-refractivity contribution is -0.215. The van der Waals surface area contributed by atoms with Crippen molar-refractivity contribution in [3.05, 3.63) is 30.3 Å². The van der Waals surface area contributed by atoms with Crippen LogP contribution in [0, 0.1) is 0 Å². The molecule has 1 amide bonds. The summed E-state index contributed by atoms with van der Waals surface area (Å²) in [6.45, 7) is -0.906. The van der Waals surface area contributed by atoms with Crippen molar-refractivity contribution in [2.45, 2.75) is 35.6 Å². The first-order valence-electron chi connectivity index (χ1n) is 8.04. The molecule has 146 valence electrons. The van der Waals surface area contributed by atoms with Crippen molar-refractivity contribution in [1.82, 2.24) is 9.62 Å². The Balaban J connectivity index is 1.77. The highest BCUT2D eigenvalue weighted by Crippen LogP contribution is 2.26. The van der Waals surface area contributed by atoms with Crippen molar-refractivity contribution in [3.8, 4) is 0 Å². The van der Waals surface area contributed by atoms with Gasteiger partial charge in [-0.05, 0) is 36.9 Å². The summed E-state index contributed by atoms with van der Waals surface area (Å²) < 4.78 is 45.0. The van der Waals surface area contributed by atoms with Crippen LogP contribution in [-0.2, 0) is 4.74 Å². The van der Waals surface area contributed by atoms with Gasteiger partial charge in [0.1, 0.15) is 0 Å². The minimum absolute atomic E-state index is 0.0724. The van der Waals surface area contributed by atoms with Gasteiger partial charge in [-0.1, -0.05) is 18.2 Å². The van der Waals surface area contributed by atoms with E-state index in [4.69, 9.17) is 5.11 Å². The predicted octanol–water partition coefficient (Wildman–Crippen LogP) is 2.17. The van der Waals surface area contributed by atoms with Gasteiger partial charge in [0, 0.05) is 24.5 Å². The number of aliphatic hydroxyl groups is 2. The number of benzene rings is 1. The first-order valence-corrected chi connectivity index (χ1v) is 8.85. The highest BCUT2D eigenvalue weighted by atomic mass is 32.2. The molecule has 10 heteroatoms. The molecule has 1 heterocycles. The van der Waals surface area contributed by atoms with Crippen molar-refractivity contribution in [3.63, 3.8) is 0 Å².